The maximum absolute atomic E-state index is 13.3. The van der Waals surface area contributed by atoms with Crippen LogP contribution in [0.3, 0.4) is 0 Å². The number of nitrogens with one attached hydrogen (secondary N) is 2. The van der Waals surface area contributed by atoms with E-state index in [2.05, 4.69) is 10.3 Å². The van der Waals surface area contributed by atoms with Crippen molar-refractivity contribution >= 4 is 34.4 Å². The largest absolute Gasteiger partial charge is 0.497 e. The molecule has 3 heterocycles. The molecule has 0 unspecified atom stereocenters. The molecule has 1 aromatic heterocycles. The Bertz CT molecular complexity index is 1360. The van der Waals surface area contributed by atoms with Crippen LogP contribution in [0.2, 0.25) is 0 Å². The number of ether oxygens (including phenoxy) is 1. The van der Waals surface area contributed by atoms with Crippen LogP contribution in [0.1, 0.15) is 46.2 Å². The summed E-state index contributed by atoms with van der Waals surface area (Å²) in [6.45, 7) is 2.61. The first kappa shape index (κ1) is 22.6. The minimum atomic E-state index is -1.31. The third-order valence-corrected chi connectivity index (χ3v) is 6.83. The summed E-state index contributed by atoms with van der Waals surface area (Å²) in [4.78, 5) is 57.0. The molecular weight excluding hydrogens is 448 g/mol. The molecule has 2 aliphatic heterocycles. The number of H-pyrrole nitrogens is 1. The Morgan fingerprint density at radius 2 is 1.74 bits per heavy atom. The van der Waals surface area contributed by atoms with Gasteiger partial charge in [-0.15, -0.1) is 0 Å². The predicted octanol–water partition coefficient (Wildman–Crippen LogP) is 3.06. The Morgan fingerprint density at radius 3 is 2.49 bits per heavy atom. The van der Waals surface area contributed by atoms with E-state index in [9.17, 15) is 19.2 Å². The molecule has 5 rings (SSSR count). The number of Topliss-reactive ketones (excluding diaryl/α,β-unsaturated/α-hetero) is 1. The average Bonchev–Trinajstić information content (AvgIpc) is 3.61. The smallest absolute Gasteiger partial charge is 0.325 e. The summed E-state index contributed by atoms with van der Waals surface area (Å²) in [5.41, 5.74) is -0.115. The highest BCUT2D eigenvalue weighted by atomic mass is 16.5. The second kappa shape index (κ2) is 8.57. The zero-order chi connectivity index (χ0) is 24.7. The van der Waals surface area contributed by atoms with Gasteiger partial charge in [-0.3, -0.25) is 19.3 Å². The van der Waals surface area contributed by atoms with Crippen LogP contribution in [0.4, 0.5) is 4.79 Å². The molecule has 35 heavy (non-hydrogen) atoms. The number of fused-ring (bicyclic) bond motifs is 1. The topological polar surface area (TPSA) is 112 Å². The number of methoxy groups -OCH3 is 1. The van der Waals surface area contributed by atoms with Crippen LogP contribution in [0.25, 0.3) is 10.8 Å². The van der Waals surface area contributed by atoms with Crippen molar-refractivity contribution in [3.63, 3.8) is 0 Å². The highest BCUT2D eigenvalue weighted by molar-refractivity contribution is 6.12. The summed E-state index contributed by atoms with van der Waals surface area (Å²) < 4.78 is 5.26. The number of hydrogen-bond acceptors (Lipinski definition) is 5. The number of aromatic amines is 1. The van der Waals surface area contributed by atoms with E-state index in [1.54, 1.807) is 25.0 Å². The van der Waals surface area contributed by atoms with Crippen molar-refractivity contribution in [2.45, 2.75) is 25.3 Å². The van der Waals surface area contributed by atoms with E-state index in [0.717, 1.165) is 34.3 Å². The lowest BCUT2D eigenvalue weighted by molar-refractivity contribution is -0.130. The maximum atomic E-state index is 13.3. The van der Waals surface area contributed by atoms with Gasteiger partial charge in [0, 0.05) is 24.8 Å². The third kappa shape index (κ3) is 3.92. The van der Waals surface area contributed by atoms with E-state index < -0.39 is 29.8 Å². The van der Waals surface area contributed by atoms with Crippen LogP contribution in [-0.4, -0.2) is 65.2 Å². The first-order valence-corrected chi connectivity index (χ1v) is 11.5. The van der Waals surface area contributed by atoms with E-state index in [-0.39, 0.29) is 11.5 Å². The number of aromatic nitrogens is 1. The van der Waals surface area contributed by atoms with Crippen molar-refractivity contribution in [1.29, 1.82) is 0 Å². The Kier molecular flexibility index (Phi) is 5.55. The molecule has 2 saturated heterocycles. The number of nitrogens with zero attached hydrogens (tertiary/aromatic N) is 2. The lowest BCUT2D eigenvalue weighted by Crippen LogP contribution is -2.41. The fraction of sp³-hybridized carbons (Fsp3) is 0.308. The van der Waals surface area contributed by atoms with Crippen LogP contribution in [0, 0.1) is 0 Å². The fourth-order valence-corrected chi connectivity index (χ4v) is 4.70. The standard InChI is InChI=1S/C26H26N4O5/c1-26(19-7-5-17-12-20(35-2)8-6-16(17)11-19)24(33)30(25(34)28-26)15-22(31)18-13-21(27-14-18)23(32)29-9-3-4-10-29/h5-8,11-14,27H,3-4,9-10,15H2,1-2H3,(H,28,34)/t26-/m1/s1. The number of hydrogen-bond donors (Lipinski definition) is 2. The van der Waals surface area contributed by atoms with Gasteiger partial charge in [-0.2, -0.15) is 0 Å². The summed E-state index contributed by atoms with van der Waals surface area (Å²) in [6.07, 6.45) is 3.38. The molecule has 0 saturated carbocycles. The lowest BCUT2D eigenvalue weighted by Gasteiger charge is -2.22. The van der Waals surface area contributed by atoms with Crippen molar-refractivity contribution in [3.05, 3.63) is 65.5 Å². The number of rotatable bonds is 6. The van der Waals surface area contributed by atoms with Crippen molar-refractivity contribution in [3.8, 4) is 5.75 Å². The Hall–Kier alpha value is -4.14. The SMILES string of the molecule is COc1ccc2cc([C@@]3(C)NC(=O)N(CC(=O)c4c[nH]c(C(=O)N5CCCC5)c4)C3=O)ccc2c1. The number of ketones is 1. The van der Waals surface area contributed by atoms with Crippen LogP contribution in [-0.2, 0) is 10.3 Å². The van der Waals surface area contributed by atoms with E-state index >= 15 is 0 Å². The Morgan fingerprint density at radius 1 is 1.03 bits per heavy atom. The van der Waals surface area contributed by atoms with Gasteiger partial charge in [0.1, 0.15) is 17.0 Å². The first-order chi connectivity index (χ1) is 16.8. The molecule has 2 aromatic carbocycles. The highest BCUT2D eigenvalue weighted by Crippen LogP contribution is 2.32. The van der Waals surface area contributed by atoms with Gasteiger partial charge in [-0.25, -0.2) is 4.79 Å². The number of carbonyl (C=O) groups excluding carboxylic acids is 4. The second-order valence-corrected chi connectivity index (χ2v) is 9.10. The average molecular weight is 475 g/mol. The summed E-state index contributed by atoms with van der Waals surface area (Å²) in [5.74, 6) is -0.368. The Balaban J connectivity index is 1.33. The first-order valence-electron chi connectivity index (χ1n) is 11.5. The van der Waals surface area contributed by atoms with E-state index in [1.807, 2.05) is 30.3 Å². The lowest BCUT2D eigenvalue weighted by atomic mass is 9.90. The van der Waals surface area contributed by atoms with Crippen molar-refractivity contribution in [2.24, 2.45) is 0 Å². The highest BCUT2D eigenvalue weighted by Gasteiger charge is 2.49. The van der Waals surface area contributed by atoms with Crippen LogP contribution >= 0.6 is 0 Å². The predicted molar refractivity (Wildman–Crippen MR) is 128 cm³/mol. The van der Waals surface area contributed by atoms with Gasteiger partial charge in [-0.05, 0) is 60.4 Å². The van der Waals surface area contributed by atoms with E-state index in [0.29, 0.717) is 24.3 Å². The molecule has 0 aliphatic carbocycles. The molecule has 9 nitrogen and oxygen atoms in total. The number of likely N-dealkylation sites (tertiary alicyclic amines) is 1. The minimum absolute atomic E-state index is 0.155. The van der Waals surface area contributed by atoms with Crippen LogP contribution < -0.4 is 10.1 Å². The molecule has 180 valence electrons. The fourth-order valence-electron chi connectivity index (χ4n) is 4.70. The third-order valence-electron chi connectivity index (χ3n) is 6.83. The van der Waals surface area contributed by atoms with Crippen molar-refractivity contribution in [1.82, 2.24) is 20.1 Å². The van der Waals surface area contributed by atoms with Gasteiger partial charge < -0.3 is 19.9 Å². The zero-order valence-electron chi connectivity index (χ0n) is 19.6. The monoisotopic (exact) mass is 474 g/mol. The molecular formula is C26H26N4O5. The van der Waals surface area contributed by atoms with Gasteiger partial charge >= 0.3 is 6.03 Å². The summed E-state index contributed by atoms with van der Waals surface area (Å²) >= 11 is 0. The van der Waals surface area contributed by atoms with Crippen molar-refractivity contribution in [2.75, 3.05) is 26.7 Å². The molecule has 0 spiro atoms. The van der Waals surface area contributed by atoms with Gasteiger partial charge in [0.05, 0.1) is 13.7 Å². The number of urea groups is 1. The van der Waals surface area contributed by atoms with Crippen LogP contribution in [0.5, 0.6) is 5.75 Å². The Labute approximate surface area is 202 Å². The van der Waals surface area contributed by atoms with Crippen LogP contribution in [0.15, 0.2) is 48.7 Å². The van der Waals surface area contributed by atoms with Gasteiger partial charge in [0.25, 0.3) is 11.8 Å². The van der Waals surface area contributed by atoms with Gasteiger partial charge in [-0.1, -0.05) is 18.2 Å². The normalized spacial score (nSPS) is 19.9. The molecule has 0 bridgehead atoms. The summed E-state index contributed by atoms with van der Waals surface area (Å²) in [5, 5.41) is 4.57. The molecule has 9 heteroatoms. The molecule has 2 aliphatic rings. The second-order valence-electron chi connectivity index (χ2n) is 9.10. The van der Waals surface area contributed by atoms with Gasteiger partial charge in [0.15, 0.2) is 5.78 Å². The zero-order valence-corrected chi connectivity index (χ0v) is 19.6. The number of amides is 4. The molecule has 1 atom stereocenters. The van der Waals surface area contributed by atoms with Gasteiger partial charge in [0.2, 0.25) is 0 Å². The molecule has 3 aromatic rings. The van der Waals surface area contributed by atoms with Crippen molar-refractivity contribution < 1.29 is 23.9 Å². The number of benzene rings is 2. The summed E-state index contributed by atoms with van der Waals surface area (Å²) in [7, 11) is 1.60. The van der Waals surface area contributed by atoms with E-state index in [4.69, 9.17) is 4.74 Å². The maximum Gasteiger partial charge on any atom is 0.325 e. The quantitative estimate of drug-likeness (QED) is 0.421. The molecule has 0 radical (unpaired) electrons. The number of imide groups is 1. The number of carbonyl (C=O) groups is 4. The molecule has 2 N–H and O–H groups in total. The minimum Gasteiger partial charge on any atom is -0.497 e. The van der Waals surface area contributed by atoms with E-state index in [1.165, 1.54) is 12.3 Å². The molecule has 2 fully saturated rings. The molecule has 4 amide bonds. The summed E-state index contributed by atoms with van der Waals surface area (Å²) in [6, 6.07) is 12.0.